The van der Waals surface area contributed by atoms with E-state index in [1.807, 2.05) is 6.92 Å². The Labute approximate surface area is 96.6 Å². The highest BCUT2D eigenvalue weighted by molar-refractivity contribution is 6.83. The Balaban J connectivity index is 4.09. The molecule has 0 aromatic heterocycles. The molecule has 0 aromatic carbocycles. The molecular weight excluding hydrogens is 200 g/mol. The predicted octanol–water partition coefficient (Wildman–Crippen LogP) is 4.14. The van der Waals surface area contributed by atoms with Crippen molar-refractivity contribution in [1.82, 2.24) is 0 Å². The Morgan fingerprint density at radius 1 is 1.20 bits per heavy atom. The van der Waals surface area contributed by atoms with Crippen LogP contribution in [0.15, 0.2) is 11.3 Å². The summed E-state index contributed by atoms with van der Waals surface area (Å²) in [6, 6.07) is 0. The minimum absolute atomic E-state index is 0.247. The van der Waals surface area contributed by atoms with Crippen molar-refractivity contribution in [2.75, 3.05) is 0 Å². The Hall–Kier alpha value is -0.0831. The van der Waals surface area contributed by atoms with Crippen molar-refractivity contribution < 1.29 is 5.11 Å². The van der Waals surface area contributed by atoms with Crippen LogP contribution in [0.1, 0.15) is 46.0 Å². The standard InChI is InChI=1S/C13H28OSi/c1-6-7-8-9-10-11-13(12(2)14)15(3,4)5/h11-12,14H,6-10H2,1-5H3. The number of unbranched alkanes of at least 4 members (excludes halogenated alkanes) is 4. The fourth-order valence-corrected chi connectivity index (χ4v) is 3.94. The van der Waals surface area contributed by atoms with E-state index < -0.39 is 8.07 Å². The number of aliphatic hydroxyl groups excluding tert-OH is 1. The van der Waals surface area contributed by atoms with Crippen molar-refractivity contribution in [2.45, 2.75) is 71.7 Å². The largest absolute Gasteiger partial charge is 0.389 e. The van der Waals surface area contributed by atoms with Gasteiger partial charge in [-0.2, -0.15) is 0 Å². The van der Waals surface area contributed by atoms with E-state index in [0.29, 0.717) is 0 Å². The zero-order valence-electron chi connectivity index (χ0n) is 11.1. The number of hydrogen-bond donors (Lipinski definition) is 1. The second-order valence-corrected chi connectivity index (χ2v) is 10.5. The summed E-state index contributed by atoms with van der Waals surface area (Å²) in [4.78, 5) is 0. The summed E-state index contributed by atoms with van der Waals surface area (Å²) in [5, 5.41) is 11.0. The molecule has 0 fully saturated rings. The summed E-state index contributed by atoms with van der Waals surface area (Å²) >= 11 is 0. The minimum atomic E-state index is -1.31. The monoisotopic (exact) mass is 228 g/mol. The maximum atomic E-state index is 9.72. The number of hydrogen-bond acceptors (Lipinski definition) is 1. The first-order valence-corrected chi connectivity index (χ1v) is 9.78. The smallest absolute Gasteiger partial charge is 0.0753 e. The van der Waals surface area contributed by atoms with Gasteiger partial charge in [-0.1, -0.05) is 57.1 Å². The summed E-state index contributed by atoms with van der Waals surface area (Å²) in [6.45, 7) is 11.0. The van der Waals surface area contributed by atoms with Gasteiger partial charge in [0.1, 0.15) is 0 Å². The molecule has 0 saturated carbocycles. The van der Waals surface area contributed by atoms with Crippen LogP contribution in [0.25, 0.3) is 0 Å². The first kappa shape index (κ1) is 14.9. The SMILES string of the molecule is CCCCCCC=C(C(C)O)[Si](C)(C)C. The van der Waals surface area contributed by atoms with Crippen LogP contribution in [0, 0.1) is 0 Å². The van der Waals surface area contributed by atoms with Crippen LogP contribution in [0.5, 0.6) is 0 Å². The van der Waals surface area contributed by atoms with Gasteiger partial charge in [-0.25, -0.2) is 0 Å². The average molecular weight is 228 g/mol. The van der Waals surface area contributed by atoms with Crippen molar-refractivity contribution in [1.29, 1.82) is 0 Å². The van der Waals surface area contributed by atoms with Crippen molar-refractivity contribution in [3.8, 4) is 0 Å². The second-order valence-electron chi connectivity index (χ2n) is 5.43. The Morgan fingerprint density at radius 3 is 2.20 bits per heavy atom. The third-order valence-corrected chi connectivity index (χ3v) is 5.09. The maximum Gasteiger partial charge on any atom is 0.0753 e. The Morgan fingerprint density at radius 2 is 1.80 bits per heavy atom. The number of aliphatic hydroxyl groups is 1. The van der Waals surface area contributed by atoms with Crippen molar-refractivity contribution in [2.24, 2.45) is 0 Å². The molecule has 1 N–H and O–H groups in total. The molecule has 0 heterocycles. The lowest BCUT2D eigenvalue weighted by Gasteiger charge is -2.23. The molecule has 0 spiro atoms. The van der Waals surface area contributed by atoms with E-state index in [2.05, 4.69) is 32.6 Å². The molecule has 2 heteroatoms. The zero-order valence-corrected chi connectivity index (χ0v) is 12.1. The second kappa shape index (κ2) is 7.23. The van der Waals surface area contributed by atoms with Crippen molar-refractivity contribution in [3.63, 3.8) is 0 Å². The molecule has 0 radical (unpaired) electrons. The molecule has 90 valence electrons. The van der Waals surface area contributed by atoms with Gasteiger partial charge in [-0.05, 0) is 19.8 Å². The molecule has 0 aliphatic rings. The highest BCUT2D eigenvalue weighted by atomic mass is 28.3. The van der Waals surface area contributed by atoms with Gasteiger partial charge < -0.3 is 5.11 Å². The highest BCUT2D eigenvalue weighted by Crippen LogP contribution is 2.19. The molecule has 0 saturated heterocycles. The zero-order chi connectivity index (χ0) is 11.9. The van der Waals surface area contributed by atoms with Gasteiger partial charge in [0.15, 0.2) is 0 Å². The summed E-state index contributed by atoms with van der Waals surface area (Å²) < 4.78 is 0. The quantitative estimate of drug-likeness (QED) is 0.513. The molecule has 0 aliphatic heterocycles. The van der Waals surface area contributed by atoms with Crippen molar-refractivity contribution >= 4 is 8.07 Å². The van der Waals surface area contributed by atoms with Gasteiger partial charge in [-0.15, -0.1) is 0 Å². The van der Waals surface area contributed by atoms with E-state index in [0.717, 1.165) is 6.42 Å². The summed E-state index contributed by atoms with van der Waals surface area (Å²) in [7, 11) is -1.31. The van der Waals surface area contributed by atoms with Gasteiger partial charge in [0.2, 0.25) is 0 Å². The molecule has 1 atom stereocenters. The van der Waals surface area contributed by atoms with E-state index >= 15 is 0 Å². The molecule has 0 bridgehead atoms. The summed E-state index contributed by atoms with van der Waals surface area (Å²) in [5.41, 5.74) is 0. The Bertz CT molecular complexity index is 189. The minimum Gasteiger partial charge on any atom is -0.389 e. The molecule has 15 heavy (non-hydrogen) atoms. The van der Waals surface area contributed by atoms with Crippen LogP contribution >= 0.6 is 0 Å². The van der Waals surface area contributed by atoms with Gasteiger partial charge in [0.25, 0.3) is 0 Å². The molecule has 0 rings (SSSR count). The number of rotatable bonds is 7. The lowest BCUT2D eigenvalue weighted by atomic mass is 10.1. The lowest BCUT2D eigenvalue weighted by Crippen LogP contribution is -2.30. The van der Waals surface area contributed by atoms with Crippen molar-refractivity contribution in [3.05, 3.63) is 11.3 Å². The van der Waals surface area contributed by atoms with Gasteiger partial charge >= 0.3 is 0 Å². The topological polar surface area (TPSA) is 20.2 Å². The van der Waals surface area contributed by atoms with E-state index in [1.165, 1.54) is 30.9 Å². The Kier molecular flexibility index (Phi) is 7.19. The van der Waals surface area contributed by atoms with Crippen LogP contribution in [0.4, 0.5) is 0 Å². The fraction of sp³-hybridized carbons (Fsp3) is 0.846. The molecule has 0 aromatic rings. The van der Waals surface area contributed by atoms with Gasteiger partial charge in [-0.3, -0.25) is 0 Å². The van der Waals surface area contributed by atoms with Crippen LogP contribution in [0.3, 0.4) is 0 Å². The third-order valence-electron chi connectivity index (χ3n) is 2.74. The van der Waals surface area contributed by atoms with Gasteiger partial charge in [0, 0.05) is 0 Å². The normalized spacial score (nSPS) is 15.5. The summed E-state index contributed by atoms with van der Waals surface area (Å²) in [6.07, 6.45) is 8.42. The number of allylic oxidation sites excluding steroid dienone is 1. The van der Waals surface area contributed by atoms with Gasteiger partial charge in [0.05, 0.1) is 14.2 Å². The van der Waals surface area contributed by atoms with E-state index in [-0.39, 0.29) is 6.10 Å². The fourth-order valence-electron chi connectivity index (χ4n) is 1.93. The molecule has 0 amide bonds. The summed E-state index contributed by atoms with van der Waals surface area (Å²) in [5.74, 6) is 0. The van der Waals surface area contributed by atoms with E-state index in [1.54, 1.807) is 0 Å². The van der Waals surface area contributed by atoms with E-state index in [9.17, 15) is 5.11 Å². The third kappa shape index (κ3) is 6.91. The maximum absolute atomic E-state index is 9.72. The molecular formula is C13H28OSi. The highest BCUT2D eigenvalue weighted by Gasteiger charge is 2.22. The van der Waals surface area contributed by atoms with Crippen LogP contribution < -0.4 is 0 Å². The molecule has 1 nitrogen and oxygen atoms in total. The van der Waals surface area contributed by atoms with Crippen LogP contribution in [-0.4, -0.2) is 19.3 Å². The average Bonchev–Trinajstić information content (AvgIpc) is 2.08. The van der Waals surface area contributed by atoms with Crippen LogP contribution in [0.2, 0.25) is 19.6 Å². The van der Waals surface area contributed by atoms with E-state index in [4.69, 9.17) is 0 Å². The first-order valence-electron chi connectivity index (χ1n) is 6.28. The van der Waals surface area contributed by atoms with Crippen LogP contribution in [-0.2, 0) is 0 Å². The predicted molar refractivity (Wildman–Crippen MR) is 71.9 cm³/mol. The first-order chi connectivity index (χ1) is 6.89. The molecule has 0 aliphatic carbocycles. The lowest BCUT2D eigenvalue weighted by molar-refractivity contribution is 0.237. The molecule has 1 unspecified atom stereocenters.